The number of thiophene rings is 1. The molecular formula is C32H59N3O5S3. The van der Waals surface area contributed by atoms with Gasteiger partial charge in [-0.05, 0) is 67.9 Å². The zero-order chi connectivity index (χ0) is 32.2. The molecule has 1 aromatic rings. The Bertz CT molecular complexity index is 1200. The minimum Gasteiger partial charge on any atom is -0.385 e. The molecule has 0 fully saturated rings. The van der Waals surface area contributed by atoms with Crippen LogP contribution >= 0.6 is 11.3 Å². The Morgan fingerprint density at radius 2 is 1.72 bits per heavy atom. The Hall–Kier alpha value is -0.850. The molecule has 0 aliphatic carbocycles. The summed E-state index contributed by atoms with van der Waals surface area (Å²) >= 11 is 0.813. The number of hydrogen-bond donors (Lipinski definition) is 1. The van der Waals surface area contributed by atoms with Gasteiger partial charge in [0.25, 0.3) is 20.0 Å². The van der Waals surface area contributed by atoms with Crippen LogP contribution in [0.3, 0.4) is 0 Å². The Balaban J connectivity index is 2.15. The van der Waals surface area contributed by atoms with Crippen molar-refractivity contribution in [2.45, 2.75) is 121 Å². The van der Waals surface area contributed by atoms with Crippen LogP contribution in [0, 0.1) is 29.6 Å². The number of nitrogens with zero attached hydrogens (tertiary/aromatic N) is 2. The maximum Gasteiger partial charge on any atom is 0.291 e. The molecule has 1 aliphatic heterocycles. The van der Waals surface area contributed by atoms with Crippen LogP contribution < -0.4 is 5.32 Å². The van der Waals surface area contributed by atoms with Crippen LogP contribution in [0.15, 0.2) is 18.9 Å². The lowest BCUT2D eigenvalue weighted by Crippen LogP contribution is -2.43. The molecule has 0 bridgehead atoms. The van der Waals surface area contributed by atoms with Crippen molar-refractivity contribution in [3.05, 3.63) is 11.6 Å². The lowest BCUT2D eigenvalue weighted by molar-refractivity contribution is 0.101. The van der Waals surface area contributed by atoms with Gasteiger partial charge in [0, 0.05) is 44.6 Å². The van der Waals surface area contributed by atoms with Crippen molar-refractivity contribution < 1.29 is 21.6 Å². The number of ether oxygens (including phenoxy) is 1. The average Bonchev–Trinajstić information content (AvgIpc) is 3.46. The summed E-state index contributed by atoms with van der Waals surface area (Å²) in [5, 5.41) is 3.32. The molecule has 6 atom stereocenters. The molecule has 5 unspecified atom stereocenters. The minimum atomic E-state index is -4.00. The summed E-state index contributed by atoms with van der Waals surface area (Å²) < 4.78 is 63.8. The highest BCUT2D eigenvalue weighted by Gasteiger charge is 2.40. The standard InChI is InChI=1S/C32H59N3O5S3/c1-9-24(7)26(11-3)28(13-5)27(12-4)25(10-2)18-15-16-19-34-42(36,37)31-22-29-30(33-14-6)23-35(20-17-21-40-8)43(38,39)32(29)41-31/h19,22,24-28,30,33H,9-18,20-21,23H2,1-8H3/t24?,25?,26?,27?,28?,30-/m0/s1. The molecule has 0 amide bonds. The van der Waals surface area contributed by atoms with E-state index in [9.17, 15) is 16.8 Å². The first-order chi connectivity index (χ1) is 20.5. The average molecular weight is 662 g/mol. The van der Waals surface area contributed by atoms with E-state index in [1.165, 1.54) is 42.3 Å². The van der Waals surface area contributed by atoms with Gasteiger partial charge < -0.3 is 10.1 Å². The van der Waals surface area contributed by atoms with E-state index in [0.717, 1.165) is 42.4 Å². The second-order valence-electron chi connectivity index (χ2n) is 12.1. The molecule has 2 rings (SSSR count). The fraction of sp³-hybridized carbons (Fsp3) is 0.844. The summed E-state index contributed by atoms with van der Waals surface area (Å²) in [6, 6.07) is 1.24. The molecule has 43 heavy (non-hydrogen) atoms. The fourth-order valence-corrected chi connectivity index (χ4v) is 12.0. The van der Waals surface area contributed by atoms with Gasteiger partial charge in [0.1, 0.15) is 8.42 Å². The molecule has 0 aromatic carbocycles. The van der Waals surface area contributed by atoms with Gasteiger partial charge in [0.05, 0.1) is 0 Å². The zero-order valence-corrected chi connectivity index (χ0v) is 30.4. The van der Waals surface area contributed by atoms with Gasteiger partial charge in [0.15, 0.2) is 0 Å². The van der Waals surface area contributed by atoms with Crippen molar-refractivity contribution in [3.8, 4) is 0 Å². The van der Waals surface area contributed by atoms with E-state index >= 15 is 0 Å². The van der Waals surface area contributed by atoms with Crippen LogP contribution in [0.25, 0.3) is 0 Å². The second-order valence-corrected chi connectivity index (χ2v) is 17.1. The number of likely N-dealkylation sites (N-methyl/N-ethyl adjacent to an activating group) is 1. The van der Waals surface area contributed by atoms with E-state index < -0.39 is 20.0 Å². The predicted molar refractivity (Wildman–Crippen MR) is 180 cm³/mol. The van der Waals surface area contributed by atoms with Crippen molar-refractivity contribution in [2.24, 2.45) is 34.0 Å². The van der Waals surface area contributed by atoms with Crippen molar-refractivity contribution in [3.63, 3.8) is 0 Å². The van der Waals surface area contributed by atoms with E-state index in [-0.39, 0.29) is 21.0 Å². The highest BCUT2D eigenvalue weighted by Crippen LogP contribution is 2.42. The SMILES string of the molecule is CCN[C@H]1CN(CCCOC)S(=O)(=O)c2sc(S(=O)(=O)N=CCCCC(CC)C(CC)C(CC)C(CC)C(C)CC)cc21. The normalized spacial score (nSPS) is 21.0. The van der Waals surface area contributed by atoms with Gasteiger partial charge in [-0.15, -0.1) is 11.3 Å². The highest BCUT2D eigenvalue weighted by molar-refractivity contribution is 7.94. The van der Waals surface area contributed by atoms with Gasteiger partial charge >= 0.3 is 0 Å². The molecule has 1 aromatic heterocycles. The highest BCUT2D eigenvalue weighted by atomic mass is 32.3. The van der Waals surface area contributed by atoms with E-state index in [4.69, 9.17) is 4.74 Å². The summed E-state index contributed by atoms with van der Waals surface area (Å²) in [5.41, 5.74) is 0.522. The number of unbranched alkanes of at least 4 members (excludes halogenated alkanes) is 1. The fourth-order valence-electron chi connectivity index (χ4n) is 7.21. The molecule has 2 heterocycles. The number of methoxy groups -OCH3 is 1. The van der Waals surface area contributed by atoms with Gasteiger partial charge in [-0.2, -0.15) is 17.1 Å². The quantitative estimate of drug-likeness (QED) is 0.108. The maximum atomic E-state index is 13.4. The second kappa shape index (κ2) is 18.3. The summed E-state index contributed by atoms with van der Waals surface area (Å²) in [6.07, 6.45) is 10.6. The predicted octanol–water partition coefficient (Wildman–Crippen LogP) is 7.52. The summed E-state index contributed by atoms with van der Waals surface area (Å²) in [7, 11) is -6.20. The van der Waals surface area contributed by atoms with Crippen LogP contribution in [-0.4, -0.2) is 60.7 Å². The monoisotopic (exact) mass is 661 g/mol. The third-order valence-electron chi connectivity index (χ3n) is 9.64. The van der Waals surface area contributed by atoms with Crippen molar-refractivity contribution in [2.75, 3.05) is 33.4 Å². The van der Waals surface area contributed by atoms with Gasteiger partial charge in [-0.1, -0.05) is 80.6 Å². The summed E-state index contributed by atoms with van der Waals surface area (Å²) in [6.45, 7) is 17.6. The van der Waals surface area contributed by atoms with Crippen molar-refractivity contribution in [1.82, 2.24) is 9.62 Å². The Labute approximate surface area is 267 Å². The third-order valence-corrected chi connectivity index (χ3v) is 14.9. The third kappa shape index (κ3) is 9.82. The number of hydrogen-bond acceptors (Lipinski definition) is 7. The van der Waals surface area contributed by atoms with E-state index in [2.05, 4.69) is 51.3 Å². The molecule has 8 nitrogen and oxygen atoms in total. The van der Waals surface area contributed by atoms with Gasteiger partial charge in [-0.25, -0.2) is 8.42 Å². The van der Waals surface area contributed by atoms with Crippen LogP contribution in [0.5, 0.6) is 0 Å². The number of rotatable bonds is 21. The molecule has 0 radical (unpaired) electrons. The Kier molecular flexibility index (Phi) is 16.3. The first-order valence-corrected chi connectivity index (χ1v) is 20.3. The lowest BCUT2D eigenvalue weighted by Gasteiger charge is -2.39. The molecule has 11 heteroatoms. The van der Waals surface area contributed by atoms with Crippen LogP contribution in [0.4, 0.5) is 0 Å². The molecule has 250 valence electrons. The van der Waals surface area contributed by atoms with Gasteiger partial charge in [0.2, 0.25) is 0 Å². The molecule has 0 saturated carbocycles. The van der Waals surface area contributed by atoms with E-state index in [0.29, 0.717) is 55.9 Å². The topological polar surface area (TPSA) is 105 Å². The van der Waals surface area contributed by atoms with Crippen LogP contribution in [0.2, 0.25) is 0 Å². The van der Waals surface area contributed by atoms with Crippen LogP contribution in [0.1, 0.15) is 118 Å². The molecule has 1 aliphatic rings. The summed E-state index contributed by atoms with van der Waals surface area (Å²) in [5.74, 6) is 3.47. The molecule has 0 spiro atoms. The van der Waals surface area contributed by atoms with E-state index in [1.54, 1.807) is 7.11 Å². The molecule has 0 saturated heterocycles. The minimum absolute atomic E-state index is 0.0158. The zero-order valence-electron chi connectivity index (χ0n) is 28.0. The van der Waals surface area contributed by atoms with Crippen LogP contribution in [-0.2, 0) is 24.8 Å². The Morgan fingerprint density at radius 3 is 2.28 bits per heavy atom. The lowest BCUT2D eigenvalue weighted by atomic mass is 9.66. The molecular weight excluding hydrogens is 603 g/mol. The van der Waals surface area contributed by atoms with Crippen molar-refractivity contribution in [1.29, 1.82) is 0 Å². The number of sulfonamides is 2. The van der Waals surface area contributed by atoms with Crippen molar-refractivity contribution >= 4 is 37.6 Å². The maximum absolute atomic E-state index is 13.4. The van der Waals surface area contributed by atoms with E-state index in [1.807, 2.05) is 6.92 Å². The smallest absolute Gasteiger partial charge is 0.291 e. The van der Waals surface area contributed by atoms with Gasteiger partial charge in [-0.3, -0.25) is 0 Å². The molecule has 1 N–H and O–H groups in total. The Morgan fingerprint density at radius 1 is 1.05 bits per heavy atom. The summed E-state index contributed by atoms with van der Waals surface area (Å²) in [4.78, 5) is 0. The largest absolute Gasteiger partial charge is 0.385 e. The first-order valence-electron chi connectivity index (χ1n) is 16.6. The number of nitrogens with one attached hydrogen (secondary N) is 1. The first kappa shape index (κ1) is 38.3. The number of fused-ring (bicyclic) bond motifs is 1.